The molecular formula is C26H33NO4. The lowest BCUT2D eigenvalue weighted by Crippen LogP contribution is -2.09. The minimum absolute atomic E-state index is 0.178. The van der Waals surface area contributed by atoms with Gasteiger partial charge in [-0.1, -0.05) is 44.7 Å². The third-order valence-corrected chi connectivity index (χ3v) is 5.37. The molecule has 5 heteroatoms. The Morgan fingerprint density at radius 2 is 1.61 bits per heavy atom. The highest BCUT2D eigenvalue weighted by atomic mass is 16.6. The summed E-state index contributed by atoms with van der Waals surface area (Å²) in [5, 5.41) is 4.24. The van der Waals surface area contributed by atoms with Crippen molar-refractivity contribution in [3.63, 3.8) is 0 Å². The van der Waals surface area contributed by atoms with Gasteiger partial charge in [0.2, 0.25) is 0 Å². The Labute approximate surface area is 185 Å². The Morgan fingerprint density at radius 1 is 0.935 bits per heavy atom. The molecule has 1 heterocycles. The predicted molar refractivity (Wildman–Crippen MR) is 123 cm³/mol. The number of esters is 1. The van der Waals surface area contributed by atoms with Gasteiger partial charge in [-0.05, 0) is 73.4 Å². The molecule has 0 aliphatic carbocycles. The average molecular weight is 424 g/mol. The van der Waals surface area contributed by atoms with Crippen molar-refractivity contribution >= 4 is 11.7 Å². The zero-order chi connectivity index (χ0) is 21.9. The second-order valence-electron chi connectivity index (χ2n) is 7.96. The predicted octanol–water partition coefficient (Wildman–Crippen LogP) is 6.55. The number of ether oxygens (including phenoxy) is 2. The molecule has 0 fully saturated rings. The number of oxime groups is 1. The molecule has 0 saturated heterocycles. The number of rotatable bonds is 12. The Hall–Kier alpha value is -2.82. The van der Waals surface area contributed by atoms with Crippen molar-refractivity contribution in [3.8, 4) is 11.5 Å². The second-order valence-corrected chi connectivity index (χ2v) is 7.96. The van der Waals surface area contributed by atoms with Crippen LogP contribution >= 0.6 is 0 Å². The maximum absolute atomic E-state index is 12.4. The largest absolute Gasteiger partial charge is 0.494 e. The van der Waals surface area contributed by atoms with Gasteiger partial charge < -0.3 is 14.3 Å². The van der Waals surface area contributed by atoms with E-state index in [1.54, 1.807) is 36.4 Å². The van der Waals surface area contributed by atoms with Crippen molar-refractivity contribution in [2.75, 3.05) is 6.61 Å². The molecule has 0 N–H and O–H groups in total. The van der Waals surface area contributed by atoms with Crippen LogP contribution in [0.2, 0.25) is 0 Å². The van der Waals surface area contributed by atoms with E-state index in [-0.39, 0.29) is 12.1 Å². The number of carbonyl (C=O) groups is 1. The highest BCUT2D eigenvalue weighted by Gasteiger charge is 2.21. The van der Waals surface area contributed by atoms with E-state index in [9.17, 15) is 4.79 Å². The Kier molecular flexibility index (Phi) is 8.95. The maximum atomic E-state index is 12.4. The molecule has 1 aliphatic heterocycles. The number of hydrogen-bond acceptors (Lipinski definition) is 5. The van der Waals surface area contributed by atoms with Crippen molar-refractivity contribution in [1.82, 2.24) is 0 Å². The topological polar surface area (TPSA) is 57.1 Å². The van der Waals surface area contributed by atoms with Gasteiger partial charge in [0.25, 0.3) is 0 Å². The monoisotopic (exact) mass is 423 g/mol. The van der Waals surface area contributed by atoms with Gasteiger partial charge in [0, 0.05) is 6.42 Å². The molecule has 5 nitrogen and oxygen atoms in total. The van der Waals surface area contributed by atoms with E-state index in [0.29, 0.717) is 17.9 Å². The lowest BCUT2D eigenvalue weighted by atomic mass is 10.0. The first kappa shape index (κ1) is 22.9. The molecule has 3 rings (SSSR count). The smallest absolute Gasteiger partial charge is 0.343 e. The summed E-state index contributed by atoms with van der Waals surface area (Å²) in [4.78, 5) is 18.0. The van der Waals surface area contributed by atoms with E-state index in [0.717, 1.165) is 49.1 Å². The van der Waals surface area contributed by atoms with Crippen LogP contribution in [0.15, 0.2) is 53.7 Å². The summed E-state index contributed by atoms with van der Waals surface area (Å²) >= 11 is 0. The van der Waals surface area contributed by atoms with E-state index in [4.69, 9.17) is 14.3 Å². The molecule has 0 radical (unpaired) electrons. The van der Waals surface area contributed by atoms with Crippen LogP contribution in [0.5, 0.6) is 11.5 Å². The first-order valence-electron chi connectivity index (χ1n) is 11.5. The van der Waals surface area contributed by atoms with Crippen molar-refractivity contribution in [2.24, 2.45) is 5.16 Å². The lowest BCUT2D eigenvalue weighted by molar-refractivity contribution is 0.0734. The summed E-state index contributed by atoms with van der Waals surface area (Å²) in [7, 11) is 0. The van der Waals surface area contributed by atoms with Crippen LogP contribution < -0.4 is 9.47 Å². The van der Waals surface area contributed by atoms with Crippen LogP contribution in [-0.4, -0.2) is 24.4 Å². The number of carbonyl (C=O) groups excluding carboxylic acids is 1. The lowest BCUT2D eigenvalue weighted by Gasteiger charge is -2.08. The molecule has 0 spiro atoms. The zero-order valence-corrected chi connectivity index (χ0v) is 18.6. The van der Waals surface area contributed by atoms with E-state index in [1.807, 2.05) is 12.1 Å². The van der Waals surface area contributed by atoms with Gasteiger partial charge >= 0.3 is 5.97 Å². The molecule has 0 aromatic heterocycles. The summed E-state index contributed by atoms with van der Waals surface area (Å²) in [5.41, 5.74) is 2.45. The van der Waals surface area contributed by atoms with Gasteiger partial charge in [0.1, 0.15) is 17.6 Å². The Morgan fingerprint density at radius 3 is 2.32 bits per heavy atom. The highest BCUT2D eigenvalue weighted by molar-refractivity contribution is 6.01. The summed E-state index contributed by atoms with van der Waals surface area (Å²) in [5.74, 6) is 0.889. The molecule has 0 amide bonds. The number of benzene rings is 2. The van der Waals surface area contributed by atoms with E-state index >= 15 is 0 Å². The van der Waals surface area contributed by atoms with E-state index < -0.39 is 0 Å². The molecule has 1 atom stereocenters. The summed E-state index contributed by atoms with van der Waals surface area (Å²) in [6, 6.07) is 14.5. The molecule has 166 valence electrons. The molecular weight excluding hydrogens is 390 g/mol. The standard InChI is InChI=1S/C26H33NO4/c1-3-5-7-9-24-19-25(27-31-24)20-10-16-23(17-11-20)30-26(28)21-12-14-22(15-13-21)29-18-8-6-4-2/h10-17,24H,3-9,18-19H2,1-2H3. The van der Waals surface area contributed by atoms with Gasteiger partial charge in [-0.3, -0.25) is 0 Å². The van der Waals surface area contributed by atoms with Crippen LogP contribution in [0.4, 0.5) is 0 Å². The van der Waals surface area contributed by atoms with E-state index in [2.05, 4.69) is 19.0 Å². The van der Waals surface area contributed by atoms with Gasteiger partial charge in [0.15, 0.2) is 0 Å². The van der Waals surface area contributed by atoms with Gasteiger partial charge in [0.05, 0.1) is 17.9 Å². The van der Waals surface area contributed by atoms with Crippen LogP contribution in [0.1, 0.15) is 81.1 Å². The quantitative estimate of drug-likeness (QED) is 0.221. The molecule has 1 unspecified atom stereocenters. The first-order valence-corrected chi connectivity index (χ1v) is 11.5. The second kappa shape index (κ2) is 12.1. The number of hydrogen-bond donors (Lipinski definition) is 0. The van der Waals surface area contributed by atoms with Crippen LogP contribution in [0.3, 0.4) is 0 Å². The van der Waals surface area contributed by atoms with Gasteiger partial charge in [-0.2, -0.15) is 0 Å². The average Bonchev–Trinajstić information content (AvgIpc) is 3.27. The normalized spacial score (nSPS) is 15.3. The van der Waals surface area contributed by atoms with Crippen LogP contribution in [0.25, 0.3) is 0 Å². The summed E-state index contributed by atoms with van der Waals surface area (Å²) < 4.78 is 11.2. The van der Waals surface area contributed by atoms with Gasteiger partial charge in [-0.15, -0.1) is 0 Å². The third-order valence-electron chi connectivity index (χ3n) is 5.37. The molecule has 1 aliphatic rings. The zero-order valence-electron chi connectivity index (χ0n) is 18.6. The van der Waals surface area contributed by atoms with E-state index in [1.165, 1.54) is 19.3 Å². The molecule has 0 bridgehead atoms. The van der Waals surface area contributed by atoms with Crippen molar-refractivity contribution in [1.29, 1.82) is 0 Å². The fourth-order valence-corrected chi connectivity index (χ4v) is 3.49. The molecule has 31 heavy (non-hydrogen) atoms. The number of unbranched alkanes of at least 4 members (excludes halogenated alkanes) is 4. The third kappa shape index (κ3) is 7.12. The van der Waals surface area contributed by atoms with Crippen molar-refractivity contribution in [2.45, 2.75) is 71.3 Å². The number of nitrogens with zero attached hydrogens (tertiary/aromatic N) is 1. The first-order chi connectivity index (χ1) is 15.2. The Bertz CT molecular complexity index is 843. The molecule has 2 aromatic carbocycles. The Balaban J connectivity index is 1.48. The highest BCUT2D eigenvalue weighted by Crippen LogP contribution is 2.23. The van der Waals surface area contributed by atoms with Crippen LogP contribution in [-0.2, 0) is 4.84 Å². The molecule has 0 saturated carbocycles. The van der Waals surface area contributed by atoms with Crippen molar-refractivity contribution in [3.05, 3.63) is 59.7 Å². The molecule has 2 aromatic rings. The SMILES string of the molecule is CCCCCOc1ccc(C(=O)Oc2ccc(C3=NOC(CCCCC)C3)cc2)cc1. The van der Waals surface area contributed by atoms with Crippen LogP contribution in [0, 0.1) is 0 Å². The summed E-state index contributed by atoms with van der Waals surface area (Å²) in [6.45, 7) is 5.06. The minimum Gasteiger partial charge on any atom is -0.494 e. The van der Waals surface area contributed by atoms with Gasteiger partial charge in [-0.25, -0.2) is 4.79 Å². The summed E-state index contributed by atoms with van der Waals surface area (Å²) in [6.07, 6.45) is 9.01. The fourth-order valence-electron chi connectivity index (χ4n) is 3.49. The minimum atomic E-state index is -0.386. The van der Waals surface area contributed by atoms with Crippen molar-refractivity contribution < 1.29 is 19.1 Å². The fraction of sp³-hybridized carbons (Fsp3) is 0.462. The maximum Gasteiger partial charge on any atom is 0.343 e.